The number of ether oxygens (including phenoxy) is 1. The summed E-state index contributed by atoms with van der Waals surface area (Å²) >= 11 is 0. The van der Waals surface area contributed by atoms with Crippen molar-refractivity contribution < 1.29 is 17.9 Å². The Kier molecular flexibility index (Phi) is 7.21. The molecule has 0 spiro atoms. The maximum absolute atomic E-state index is 12.5. The lowest BCUT2D eigenvalue weighted by atomic mass is 10.1. The zero-order valence-electron chi connectivity index (χ0n) is 17.0. The fraction of sp³-hybridized carbons (Fsp3) is 0.381. The van der Waals surface area contributed by atoms with Gasteiger partial charge in [0.05, 0.1) is 4.90 Å². The van der Waals surface area contributed by atoms with Crippen LogP contribution in [0.5, 0.6) is 5.75 Å². The Morgan fingerprint density at radius 3 is 2.07 bits per heavy atom. The first kappa shape index (κ1) is 21.9. The van der Waals surface area contributed by atoms with Crippen molar-refractivity contribution in [3.63, 3.8) is 0 Å². The Morgan fingerprint density at radius 2 is 1.57 bits per heavy atom. The van der Waals surface area contributed by atoms with Crippen LogP contribution in [0.4, 0.5) is 5.69 Å². The maximum Gasteiger partial charge on any atom is 0.265 e. The Hall–Kier alpha value is -2.38. The summed E-state index contributed by atoms with van der Waals surface area (Å²) < 4.78 is 32.1. The highest BCUT2D eigenvalue weighted by Crippen LogP contribution is 2.20. The second-order valence-electron chi connectivity index (χ2n) is 6.69. The van der Waals surface area contributed by atoms with Gasteiger partial charge in [0.15, 0.2) is 6.10 Å². The van der Waals surface area contributed by atoms with Gasteiger partial charge in [-0.25, -0.2) is 8.42 Å². The standard InChI is InChI=1S/C21H28N2O4S/c1-6-23(7-2)28(25,26)20-10-8-18(9-11-20)22-21(24)17(5)27-19-13-15(3)12-16(4)14-19/h8-14,17H,6-7H2,1-5H3,(H,22,24)/t17-/m0/s1. The number of carbonyl (C=O) groups is 1. The molecule has 2 rings (SSSR count). The molecular weight excluding hydrogens is 376 g/mol. The number of nitrogens with one attached hydrogen (secondary N) is 1. The van der Waals surface area contributed by atoms with Gasteiger partial charge >= 0.3 is 0 Å². The van der Waals surface area contributed by atoms with Crippen molar-refractivity contribution in [1.29, 1.82) is 0 Å². The van der Waals surface area contributed by atoms with E-state index in [0.717, 1.165) is 11.1 Å². The van der Waals surface area contributed by atoms with Crippen LogP contribution in [0.1, 0.15) is 31.9 Å². The largest absolute Gasteiger partial charge is 0.481 e. The average molecular weight is 405 g/mol. The second kappa shape index (κ2) is 9.21. The normalized spacial score (nSPS) is 12.6. The average Bonchev–Trinajstić information content (AvgIpc) is 2.62. The van der Waals surface area contributed by atoms with E-state index in [1.54, 1.807) is 32.9 Å². The van der Waals surface area contributed by atoms with Crippen molar-refractivity contribution in [3.8, 4) is 5.75 Å². The third-order valence-corrected chi connectivity index (χ3v) is 6.41. The molecular formula is C21H28N2O4S. The van der Waals surface area contributed by atoms with E-state index in [4.69, 9.17) is 4.74 Å². The van der Waals surface area contributed by atoms with E-state index in [1.807, 2.05) is 32.0 Å². The molecule has 0 unspecified atom stereocenters. The molecule has 0 aliphatic heterocycles. The zero-order valence-corrected chi connectivity index (χ0v) is 17.8. The number of carbonyl (C=O) groups excluding carboxylic acids is 1. The summed E-state index contributed by atoms with van der Waals surface area (Å²) in [6.07, 6.45) is -0.694. The summed E-state index contributed by atoms with van der Waals surface area (Å²) in [7, 11) is -3.52. The van der Waals surface area contributed by atoms with Crippen molar-refractivity contribution in [2.45, 2.75) is 45.6 Å². The summed E-state index contributed by atoms with van der Waals surface area (Å²) in [6.45, 7) is 10.0. The highest BCUT2D eigenvalue weighted by Gasteiger charge is 2.21. The molecule has 0 aliphatic carbocycles. The molecule has 1 amide bonds. The molecule has 7 heteroatoms. The summed E-state index contributed by atoms with van der Waals surface area (Å²) in [6, 6.07) is 12.0. The number of hydrogen-bond donors (Lipinski definition) is 1. The highest BCUT2D eigenvalue weighted by atomic mass is 32.2. The monoisotopic (exact) mass is 404 g/mol. The molecule has 6 nitrogen and oxygen atoms in total. The molecule has 0 radical (unpaired) electrons. The molecule has 1 N–H and O–H groups in total. The lowest BCUT2D eigenvalue weighted by molar-refractivity contribution is -0.122. The molecule has 0 aliphatic rings. The zero-order chi connectivity index (χ0) is 20.9. The lowest BCUT2D eigenvalue weighted by Crippen LogP contribution is -2.31. The molecule has 0 saturated carbocycles. The van der Waals surface area contributed by atoms with Crippen LogP contribution in [0.2, 0.25) is 0 Å². The number of rotatable bonds is 8. The van der Waals surface area contributed by atoms with Crippen molar-refractivity contribution in [1.82, 2.24) is 4.31 Å². The molecule has 2 aromatic carbocycles. The molecule has 28 heavy (non-hydrogen) atoms. The smallest absolute Gasteiger partial charge is 0.265 e. The van der Waals surface area contributed by atoms with E-state index < -0.39 is 16.1 Å². The van der Waals surface area contributed by atoms with E-state index in [-0.39, 0.29) is 10.8 Å². The van der Waals surface area contributed by atoms with Gasteiger partial charge in [0.25, 0.3) is 5.91 Å². The van der Waals surface area contributed by atoms with Crippen LogP contribution >= 0.6 is 0 Å². The molecule has 0 bridgehead atoms. The SMILES string of the molecule is CCN(CC)S(=O)(=O)c1ccc(NC(=O)[C@H](C)Oc2cc(C)cc(C)c2)cc1. The van der Waals surface area contributed by atoms with Gasteiger partial charge in [-0.05, 0) is 68.3 Å². The Labute approximate surface area is 167 Å². The van der Waals surface area contributed by atoms with E-state index in [1.165, 1.54) is 16.4 Å². The topological polar surface area (TPSA) is 75.7 Å². The molecule has 0 heterocycles. The van der Waals surface area contributed by atoms with Gasteiger partial charge in [0.2, 0.25) is 10.0 Å². The molecule has 0 aromatic heterocycles. The molecule has 1 atom stereocenters. The maximum atomic E-state index is 12.5. The fourth-order valence-electron chi connectivity index (χ4n) is 2.93. The third kappa shape index (κ3) is 5.33. The minimum absolute atomic E-state index is 0.203. The summed E-state index contributed by atoms with van der Waals surface area (Å²) in [5, 5.41) is 2.75. The minimum atomic E-state index is -3.52. The van der Waals surface area contributed by atoms with Gasteiger partial charge in [-0.3, -0.25) is 4.79 Å². The first-order valence-electron chi connectivity index (χ1n) is 9.33. The van der Waals surface area contributed by atoms with Crippen LogP contribution in [0, 0.1) is 13.8 Å². The minimum Gasteiger partial charge on any atom is -0.481 e. The molecule has 2 aromatic rings. The fourth-order valence-corrected chi connectivity index (χ4v) is 4.38. The number of nitrogens with zero attached hydrogens (tertiary/aromatic N) is 1. The first-order valence-corrected chi connectivity index (χ1v) is 10.8. The molecule has 0 saturated heterocycles. The van der Waals surface area contributed by atoms with E-state index in [9.17, 15) is 13.2 Å². The number of sulfonamides is 1. The summed E-state index contributed by atoms with van der Waals surface area (Å²) in [5.41, 5.74) is 2.64. The van der Waals surface area contributed by atoms with Crippen LogP contribution in [-0.2, 0) is 14.8 Å². The highest BCUT2D eigenvalue weighted by molar-refractivity contribution is 7.89. The second-order valence-corrected chi connectivity index (χ2v) is 8.62. The van der Waals surface area contributed by atoms with Gasteiger partial charge in [-0.15, -0.1) is 0 Å². The number of benzene rings is 2. The molecule has 152 valence electrons. The van der Waals surface area contributed by atoms with Crippen LogP contribution in [0.15, 0.2) is 47.4 Å². The van der Waals surface area contributed by atoms with Gasteiger partial charge in [0, 0.05) is 18.8 Å². The van der Waals surface area contributed by atoms with E-state index >= 15 is 0 Å². The van der Waals surface area contributed by atoms with Crippen molar-refractivity contribution in [2.24, 2.45) is 0 Å². The predicted molar refractivity (Wildman–Crippen MR) is 111 cm³/mol. The van der Waals surface area contributed by atoms with E-state index in [0.29, 0.717) is 24.5 Å². The van der Waals surface area contributed by atoms with Crippen LogP contribution in [0.3, 0.4) is 0 Å². The lowest BCUT2D eigenvalue weighted by Gasteiger charge is -2.19. The summed E-state index contributed by atoms with van der Waals surface area (Å²) in [5.74, 6) is 0.333. The van der Waals surface area contributed by atoms with Crippen LogP contribution in [0.25, 0.3) is 0 Å². The van der Waals surface area contributed by atoms with Crippen LogP contribution in [-0.4, -0.2) is 37.8 Å². The Morgan fingerprint density at radius 1 is 1.04 bits per heavy atom. The van der Waals surface area contributed by atoms with Crippen LogP contribution < -0.4 is 10.1 Å². The van der Waals surface area contributed by atoms with Gasteiger partial charge in [-0.1, -0.05) is 19.9 Å². The predicted octanol–water partition coefficient (Wildman–Crippen LogP) is 3.74. The summed E-state index contributed by atoms with van der Waals surface area (Å²) in [4.78, 5) is 12.6. The van der Waals surface area contributed by atoms with Crippen molar-refractivity contribution in [3.05, 3.63) is 53.6 Å². The van der Waals surface area contributed by atoms with Gasteiger partial charge in [0.1, 0.15) is 5.75 Å². The molecule has 0 fully saturated rings. The number of anilines is 1. The Balaban J connectivity index is 2.06. The van der Waals surface area contributed by atoms with Gasteiger partial charge < -0.3 is 10.1 Å². The van der Waals surface area contributed by atoms with Crippen molar-refractivity contribution >= 4 is 21.6 Å². The van der Waals surface area contributed by atoms with Gasteiger partial charge in [-0.2, -0.15) is 4.31 Å². The number of hydrogen-bond acceptors (Lipinski definition) is 4. The number of aryl methyl sites for hydroxylation is 2. The van der Waals surface area contributed by atoms with E-state index in [2.05, 4.69) is 5.32 Å². The number of amides is 1. The Bertz CT molecular complexity index is 900. The quantitative estimate of drug-likeness (QED) is 0.727. The third-order valence-electron chi connectivity index (χ3n) is 4.34. The first-order chi connectivity index (χ1) is 13.2. The van der Waals surface area contributed by atoms with Crippen molar-refractivity contribution in [2.75, 3.05) is 18.4 Å².